The summed E-state index contributed by atoms with van der Waals surface area (Å²) in [5.41, 5.74) is 0. The lowest BCUT2D eigenvalue weighted by Crippen LogP contribution is -2.43. The van der Waals surface area contributed by atoms with Gasteiger partial charge < -0.3 is 5.11 Å². The number of hydrogen-bond acceptors (Lipinski definition) is 2. The third-order valence-corrected chi connectivity index (χ3v) is 5.22. The fourth-order valence-corrected chi connectivity index (χ4v) is 4.24. The molecule has 0 amide bonds. The van der Waals surface area contributed by atoms with Gasteiger partial charge in [-0.25, -0.2) is 0 Å². The minimum Gasteiger partial charge on any atom is -0.481 e. The zero-order valence-electron chi connectivity index (χ0n) is 13.0. The van der Waals surface area contributed by atoms with Crippen molar-refractivity contribution in [2.45, 2.75) is 89.6 Å². The van der Waals surface area contributed by atoms with Gasteiger partial charge in [0.2, 0.25) is 0 Å². The molecule has 0 aliphatic carbocycles. The number of piperidine rings is 1. The molecule has 0 aromatic heterocycles. The maximum atomic E-state index is 10.9. The zero-order chi connectivity index (χ0) is 14.4. The molecule has 2 rings (SSSR count). The molecule has 2 aliphatic rings. The van der Waals surface area contributed by atoms with Crippen LogP contribution in [-0.2, 0) is 4.79 Å². The summed E-state index contributed by atoms with van der Waals surface area (Å²) in [5, 5.41) is 8.96. The average molecular weight is 281 g/mol. The predicted octanol–water partition coefficient (Wildman–Crippen LogP) is 4.06. The first-order valence-electron chi connectivity index (χ1n) is 8.68. The van der Waals surface area contributed by atoms with Crippen molar-refractivity contribution in [2.75, 3.05) is 6.54 Å². The molecule has 0 radical (unpaired) electrons. The number of fused-ring (bicyclic) bond motifs is 2. The first kappa shape index (κ1) is 15.8. The van der Waals surface area contributed by atoms with Crippen LogP contribution in [0.4, 0.5) is 0 Å². The molecule has 3 heteroatoms. The highest BCUT2D eigenvalue weighted by Crippen LogP contribution is 2.39. The number of nitrogens with zero attached hydrogens (tertiary/aromatic N) is 1. The van der Waals surface area contributed by atoms with Gasteiger partial charge >= 0.3 is 5.97 Å². The number of aliphatic carboxylic acids is 1. The van der Waals surface area contributed by atoms with E-state index in [1.165, 1.54) is 57.9 Å². The van der Waals surface area contributed by atoms with E-state index in [0.717, 1.165) is 12.8 Å². The predicted molar refractivity (Wildman–Crippen MR) is 81.9 cm³/mol. The summed E-state index contributed by atoms with van der Waals surface area (Å²) in [6.45, 7) is 3.51. The van der Waals surface area contributed by atoms with Gasteiger partial charge in [0.25, 0.3) is 0 Å². The van der Waals surface area contributed by atoms with E-state index in [1.807, 2.05) is 0 Å². The van der Waals surface area contributed by atoms with Gasteiger partial charge in [-0.05, 0) is 44.6 Å². The van der Waals surface area contributed by atoms with E-state index in [0.29, 0.717) is 24.4 Å². The van der Waals surface area contributed by atoms with Crippen LogP contribution in [-0.4, -0.2) is 34.6 Å². The van der Waals surface area contributed by atoms with E-state index in [4.69, 9.17) is 5.11 Å². The Morgan fingerprint density at radius 1 is 1.05 bits per heavy atom. The molecule has 3 nitrogen and oxygen atoms in total. The van der Waals surface area contributed by atoms with Gasteiger partial charge in [-0.2, -0.15) is 0 Å². The second kappa shape index (κ2) is 8.02. The van der Waals surface area contributed by atoms with Crippen molar-refractivity contribution >= 4 is 5.97 Å². The lowest BCUT2D eigenvalue weighted by molar-refractivity contribution is -0.138. The van der Waals surface area contributed by atoms with E-state index in [-0.39, 0.29) is 0 Å². The molecule has 2 bridgehead atoms. The monoisotopic (exact) mass is 281 g/mol. The zero-order valence-corrected chi connectivity index (χ0v) is 13.0. The van der Waals surface area contributed by atoms with Crippen molar-refractivity contribution in [1.29, 1.82) is 0 Å². The van der Waals surface area contributed by atoms with Crippen LogP contribution in [0.15, 0.2) is 0 Å². The van der Waals surface area contributed by atoms with Gasteiger partial charge in [0.15, 0.2) is 0 Å². The molecule has 0 aromatic carbocycles. The minimum atomic E-state index is -0.612. The Labute approximate surface area is 123 Å². The van der Waals surface area contributed by atoms with Gasteiger partial charge in [0.1, 0.15) is 0 Å². The molecule has 2 fully saturated rings. The van der Waals surface area contributed by atoms with Gasteiger partial charge in [0, 0.05) is 18.5 Å². The van der Waals surface area contributed by atoms with Crippen LogP contribution in [0, 0.1) is 5.92 Å². The molecular weight excluding hydrogens is 250 g/mol. The molecule has 116 valence electrons. The fraction of sp³-hybridized carbons (Fsp3) is 0.941. The summed E-state index contributed by atoms with van der Waals surface area (Å²) in [6, 6.07) is 1.38. The van der Waals surface area contributed by atoms with Gasteiger partial charge in [0.05, 0.1) is 0 Å². The number of carboxylic acids is 1. The van der Waals surface area contributed by atoms with Crippen molar-refractivity contribution in [2.24, 2.45) is 5.92 Å². The van der Waals surface area contributed by atoms with Gasteiger partial charge in [-0.3, -0.25) is 9.69 Å². The van der Waals surface area contributed by atoms with E-state index in [1.54, 1.807) is 0 Å². The number of rotatable bonds is 9. The lowest BCUT2D eigenvalue weighted by atomic mass is 9.88. The third kappa shape index (κ3) is 4.47. The normalized spacial score (nSPS) is 29.8. The molecule has 2 aliphatic heterocycles. The molecule has 1 N–H and O–H groups in total. The van der Waals surface area contributed by atoms with Crippen molar-refractivity contribution < 1.29 is 9.90 Å². The smallest absolute Gasteiger partial charge is 0.303 e. The SMILES string of the molecule is CCCCCCCCN1C2CCC1CC(CC(=O)O)C2. The van der Waals surface area contributed by atoms with Crippen LogP contribution in [0.5, 0.6) is 0 Å². The summed E-state index contributed by atoms with van der Waals surface area (Å²) >= 11 is 0. The Hall–Kier alpha value is -0.570. The lowest BCUT2D eigenvalue weighted by Gasteiger charge is -2.38. The van der Waals surface area contributed by atoms with E-state index >= 15 is 0 Å². The Bertz CT molecular complexity index is 291. The summed E-state index contributed by atoms with van der Waals surface area (Å²) in [6.07, 6.45) is 13.4. The highest BCUT2D eigenvalue weighted by molar-refractivity contribution is 5.67. The molecule has 0 spiro atoms. The fourth-order valence-electron chi connectivity index (χ4n) is 4.24. The second-order valence-electron chi connectivity index (χ2n) is 6.83. The summed E-state index contributed by atoms with van der Waals surface area (Å²) < 4.78 is 0. The van der Waals surface area contributed by atoms with E-state index in [9.17, 15) is 4.79 Å². The van der Waals surface area contributed by atoms with Crippen molar-refractivity contribution in [3.05, 3.63) is 0 Å². The Kier molecular flexibility index (Phi) is 6.34. The molecule has 2 atom stereocenters. The average Bonchev–Trinajstić information content (AvgIpc) is 2.64. The highest BCUT2D eigenvalue weighted by Gasteiger charge is 2.40. The molecular formula is C17H31NO2. The van der Waals surface area contributed by atoms with Crippen LogP contribution in [0.3, 0.4) is 0 Å². The number of carbonyl (C=O) groups is 1. The molecule has 2 heterocycles. The van der Waals surface area contributed by atoms with Crippen molar-refractivity contribution in [3.63, 3.8) is 0 Å². The first-order chi connectivity index (χ1) is 9.70. The molecule has 2 unspecified atom stereocenters. The maximum absolute atomic E-state index is 10.9. The first-order valence-corrected chi connectivity index (χ1v) is 8.68. The van der Waals surface area contributed by atoms with Gasteiger partial charge in [-0.1, -0.05) is 39.0 Å². The Morgan fingerprint density at radius 3 is 2.25 bits per heavy atom. The van der Waals surface area contributed by atoms with Crippen LogP contribution in [0.1, 0.15) is 77.6 Å². The Balaban J connectivity index is 1.66. The largest absolute Gasteiger partial charge is 0.481 e. The number of carboxylic acid groups (broad SMARTS) is 1. The maximum Gasteiger partial charge on any atom is 0.303 e. The number of hydrogen-bond donors (Lipinski definition) is 1. The third-order valence-electron chi connectivity index (χ3n) is 5.22. The van der Waals surface area contributed by atoms with E-state index in [2.05, 4.69) is 11.8 Å². The molecule has 20 heavy (non-hydrogen) atoms. The topological polar surface area (TPSA) is 40.5 Å². The van der Waals surface area contributed by atoms with Crippen LogP contribution < -0.4 is 0 Å². The minimum absolute atomic E-state index is 0.387. The standard InChI is InChI=1S/C17H31NO2/c1-2-3-4-5-6-7-10-18-15-8-9-16(18)12-14(11-15)13-17(19)20/h14-16H,2-13H2,1H3,(H,19,20). The highest BCUT2D eigenvalue weighted by atomic mass is 16.4. The van der Waals surface area contributed by atoms with Crippen LogP contribution in [0.2, 0.25) is 0 Å². The Morgan fingerprint density at radius 2 is 1.65 bits per heavy atom. The molecule has 2 saturated heterocycles. The van der Waals surface area contributed by atoms with Crippen molar-refractivity contribution in [1.82, 2.24) is 4.90 Å². The summed E-state index contributed by atoms with van der Waals surface area (Å²) in [5.74, 6) is -0.176. The number of unbranched alkanes of at least 4 members (excludes halogenated alkanes) is 5. The summed E-state index contributed by atoms with van der Waals surface area (Å²) in [4.78, 5) is 13.6. The van der Waals surface area contributed by atoms with Crippen LogP contribution in [0.25, 0.3) is 0 Å². The quantitative estimate of drug-likeness (QED) is 0.648. The van der Waals surface area contributed by atoms with Gasteiger partial charge in [-0.15, -0.1) is 0 Å². The second-order valence-corrected chi connectivity index (χ2v) is 6.83. The van der Waals surface area contributed by atoms with E-state index < -0.39 is 5.97 Å². The van der Waals surface area contributed by atoms with Crippen molar-refractivity contribution in [3.8, 4) is 0 Å². The molecule has 0 saturated carbocycles. The van der Waals surface area contributed by atoms with Crippen LogP contribution >= 0.6 is 0 Å². The summed E-state index contributed by atoms with van der Waals surface area (Å²) in [7, 11) is 0. The molecule has 0 aromatic rings.